The largest absolute Gasteiger partial charge is 0.481 e. The number of rotatable bonds is 10. The van der Waals surface area contributed by atoms with Crippen LogP contribution in [0, 0.1) is 0 Å². The number of nitrogens with one attached hydrogen (secondary N) is 2. The Balaban J connectivity index is 2.20. The van der Waals surface area contributed by atoms with E-state index in [1.807, 2.05) is 0 Å². The molecule has 0 fully saturated rings. The zero-order chi connectivity index (χ0) is 22.1. The minimum absolute atomic E-state index is 0.316. The van der Waals surface area contributed by atoms with E-state index in [1.165, 1.54) is 0 Å². The molecule has 0 unspecified atom stereocenters. The molecule has 158 valence electrons. The summed E-state index contributed by atoms with van der Waals surface area (Å²) < 4.78 is 0. The van der Waals surface area contributed by atoms with Gasteiger partial charge >= 0.3 is 11.9 Å². The van der Waals surface area contributed by atoms with Crippen molar-refractivity contribution in [3.8, 4) is 0 Å². The molecule has 0 spiro atoms. The number of aliphatic hydroxyl groups excluding tert-OH is 1. The van der Waals surface area contributed by atoms with Crippen molar-refractivity contribution < 1.29 is 34.5 Å². The number of hydrogen-bond donors (Lipinski definition) is 5. The van der Waals surface area contributed by atoms with Crippen LogP contribution in [-0.4, -0.2) is 51.2 Å². The Kier molecular flexibility index (Phi) is 8.07. The first-order valence-corrected chi connectivity index (χ1v) is 9.13. The fourth-order valence-corrected chi connectivity index (χ4v) is 2.75. The van der Waals surface area contributed by atoms with Gasteiger partial charge in [-0.3, -0.25) is 14.4 Å². The molecule has 2 aromatic rings. The van der Waals surface area contributed by atoms with Gasteiger partial charge in [0.05, 0.1) is 6.04 Å². The number of carboxylic acid groups (broad SMARTS) is 2. The van der Waals surface area contributed by atoms with Crippen molar-refractivity contribution >= 4 is 23.8 Å². The van der Waals surface area contributed by atoms with E-state index >= 15 is 0 Å². The monoisotopic (exact) mass is 414 g/mol. The molecule has 0 aliphatic carbocycles. The lowest BCUT2D eigenvalue weighted by Crippen LogP contribution is -2.50. The van der Waals surface area contributed by atoms with Gasteiger partial charge in [-0.2, -0.15) is 0 Å². The Labute approximate surface area is 172 Å². The summed E-state index contributed by atoms with van der Waals surface area (Å²) in [4.78, 5) is 47.1. The van der Waals surface area contributed by atoms with Gasteiger partial charge in [-0.25, -0.2) is 4.79 Å². The molecule has 0 saturated heterocycles. The van der Waals surface area contributed by atoms with Gasteiger partial charge < -0.3 is 26.0 Å². The number of carbonyl (C=O) groups is 4. The molecule has 0 aliphatic heterocycles. The quantitative estimate of drug-likeness (QED) is 0.388. The first-order chi connectivity index (χ1) is 14.3. The standard InChI is InChI=1S/C21H22N2O7/c24-16(25)12-11-15(21(29)30)22-20(28)18(26)17(13-7-3-1-4-8-13)23-19(27)14-9-5-2-6-10-14/h1-10,15,17-18,26H,11-12H2,(H,22,28)(H,23,27)(H,24,25)(H,29,30)/t15-,17-,18+/m0/s1. The molecule has 2 aromatic carbocycles. The Hall–Kier alpha value is -3.72. The summed E-state index contributed by atoms with van der Waals surface area (Å²) in [6, 6.07) is 13.8. The number of aliphatic carboxylic acids is 2. The van der Waals surface area contributed by atoms with Crippen LogP contribution in [0.25, 0.3) is 0 Å². The third-order valence-corrected chi connectivity index (χ3v) is 4.33. The second-order valence-corrected chi connectivity index (χ2v) is 6.50. The van der Waals surface area contributed by atoms with Crippen LogP contribution in [0.1, 0.15) is 34.8 Å². The molecular weight excluding hydrogens is 392 g/mol. The van der Waals surface area contributed by atoms with Crippen molar-refractivity contribution in [3.05, 3.63) is 71.8 Å². The smallest absolute Gasteiger partial charge is 0.326 e. The van der Waals surface area contributed by atoms with E-state index in [0.717, 1.165) is 0 Å². The van der Waals surface area contributed by atoms with Crippen molar-refractivity contribution in [2.45, 2.75) is 31.0 Å². The highest BCUT2D eigenvalue weighted by Gasteiger charge is 2.32. The molecular formula is C21H22N2O7. The van der Waals surface area contributed by atoms with Gasteiger partial charge in [-0.15, -0.1) is 0 Å². The van der Waals surface area contributed by atoms with E-state index in [1.54, 1.807) is 60.7 Å². The van der Waals surface area contributed by atoms with Crippen LogP contribution in [-0.2, 0) is 14.4 Å². The molecule has 9 heteroatoms. The highest BCUT2D eigenvalue weighted by molar-refractivity contribution is 5.95. The van der Waals surface area contributed by atoms with E-state index in [-0.39, 0.29) is 6.42 Å². The molecule has 0 aliphatic rings. The average Bonchev–Trinajstić information content (AvgIpc) is 2.75. The molecule has 5 N–H and O–H groups in total. The first kappa shape index (κ1) is 22.6. The van der Waals surface area contributed by atoms with Crippen molar-refractivity contribution in [3.63, 3.8) is 0 Å². The molecule has 0 aromatic heterocycles. The summed E-state index contributed by atoms with van der Waals surface area (Å²) in [6.45, 7) is 0. The van der Waals surface area contributed by atoms with Crippen LogP contribution in [0.3, 0.4) is 0 Å². The number of carbonyl (C=O) groups excluding carboxylic acids is 2. The highest BCUT2D eigenvalue weighted by atomic mass is 16.4. The average molecular weight is 414 g/mol. The van der Waals surface area contributed by atoms with Gasteiger partial charge in [0.1, 0.15) is 6.04 Å². The molecule has 0 bridgehead atoms. The van der Waals surface area contributed by atoms with Crippen molar-refractivity contribution in [1.29, 1.82) is 0 Å². The van der Waals surface area contributed by atoms with Crippen LogP contribution in [0.2, 0.25) is 0 Å². The molecule has 9 nitrogen and oxygen atoms in total. The van der Waals surface area contributed by atoms with Crippen molar-refractivity contribution in [2.24, 2.45) is 0 Å². The topological polar surface area (TPSA) is 153 Å². The predicted molar refractivity (Wildman–Crippen MR) is 106 cm³/mol. The van der Waals surface area contributed by atoms with E-state index in [9.17, 15) is 29.4 Å². The van der Waals surface area contributed by atoms with Crippen LogP contribution >= 0.6 is 0 Å². The lowest BCUT2D eigenvalue weighted by Gasteiger charge is -2.25. The van der Waals surface area contributed by atoms with Gasteiger partial charge in [0.25, 0.3) is 11.8 Å². The first-order valence-electron chi connectivity index (χ1n) is 9.13. The fraction of sp³-hybridized carbons (Fsp3) is 0.238. The molecule has 0 saturated carbocycles. The van der Waals surface area contributed by atoms with E-state index < -0.39 is 48.4 Å². The minimum Gasteiger partial charge on any atom is -0.481 e. The molecule has 30 heavy (non-hydrogen) atoms. The van der Waals surface area contributed by atoms with Crippen molar-refractivity contribution in [1.82, 2.24) is 10.6 Å². The lowest BCUT2D eigenvalue weighted by atomic mass is 9.99. The maximum Gasteiger partial charge on any atom is 0.326 e. The maximum absolute atomic E-state index is 12.6. The number of aliphatic hydroxyl groups is 1. The summed E-state index contributed by atoms with van der Waals surface area (Å²) in [5, 5.41) is 33.3. The fourth-order valence-electron chi connectivity index (χ4n) is 2.75. The second-order valence-electron chi connectivity index (χ2n) is 6.50. The van der Waals surface area contributed by atoms with Crippen LogP contribution < -0.4 is 10.6 Å². The second kappa shape index (κ2) is 10.7. The predicted octanol–water partition coefficient (Wildman–Crippen LogP) is 0.953. The summed E-state index contributed by atoms with van der Waals surface area (Å²) in [5.74, 6) is -4.22. The van der Waals surface area contributed by atoms with Crippen LogP contribution in [0.15, 0.2) is 60.7 Å². The van der Waals surface area contributed by atoms with Gasteiger partial charge in [0, 0.05) is 12.0 Å². The summed E-state index contributed by atoms with van der Waals surface area (Å²) in [7, 11) is 0. The number of hydrogen-bond acceptors (Lipinski definition) is 5. The Morgan fingerprint density at radius 2 is 1.40 bits per heavy atom. The molecule has 0 heterocycles. The normalized spacial score (nSPS) is 13.5. The Morgan fingerprint density at radius 3 is 1.93 bits per heavy atom. The molecule has 0 radical (unpaired) electrons. The molecule has 3 atom stereocenters. The van der Waals surface area contributed by atoms with Gasteiger partial charge in [0.15, 0.2) is 6.10 Å². The minimum atomic E-state index is -1.81. The highest BCUT2D eigenvalue weighted by Crippen LogP contribution is 2.18. The lowest BCUT2D eigenvalue weighted by molar-refractivity contribution is -0.144. The third-order valence-electron chi connectivity index (χ3n) is 4.33. The van der Waals surface area contributed by atoms with Crippen LogP contribution in [0.4, 0.5) is 0 Å². The third kappa shape index (κ3) is 6.42. The van der Waals surface area contributed by atoms with E-state index in [2.05, 4.69) is 10.6 Å². The van der Waals surface area contributed by atoms with Crippen molar-refractivity contribution in [2.75, 3.05) is 0 Å². The van der Waals surface area contributed by atoms with Gasteiger partial charge in [-0.05, 0) is 24.1 Å². The summed E-state index contributed by atoms with van der Waals surface area (Å²) >= 11 is 0. The summed E-state index contributed by atoms with van der Waals surface area (Å²) in [5.41, 5.74) is 0.748. The number of benzene rings is 2. The number of carboxylic acids is 2. The Morgan fingerprint density at radius 1 is 0.833 bits per heavy atom. The van der Waals surface area contributed by atoms with Crippen LogP contribution in [0.5, 0.6) is 0 Å². The van der Waals surface area contributed by atoms with Gasteiger partial charge in [-0.1, -0.05) is 48.5 Å². The van der Waals surface area contributed by atoms with Gasteiger partial charge in [0.2, 0.25) is 0 Å². The Bertz CT molecular complexity index is 887. The summed E-state index contributed by atoms with van der Waals surface area (Å²) in [6.07, 6.45) is -2.64. The zero-order valence-corrected chi connectivity index (χ0v) is 15.9. The maximum atomic E-state index is 12.6. The van der Waals surface area contributed by atoms with E-state index in [0.29, 0.717) is 11.1 Å². The number of amides is 2. The molecule has 2 amide bonds. The zero-order valence-electron chi connectivity index (χ0n) is 15.9. The van der Waals surface area contributed by atoms with E-state index in [4.69, 9.17) is 5.11 Å². The SMILES string of the molecule is O=C(O)CC[C@H](NC(=O)[C@H](O)[C@@H](NC(=O)c1ccccc1)c1ccccc1)C(=O)O. The molecule has 2 rings (SSSR count).